The van der Waals surface area contributed by atoms with Crippen LogP contribution in [0.1, 0.15) is 24.8 Å². The zero-order valence-corrected chi connectivity index (χ0v) is 22.9. The molecule has 2 aromatic heterocycles. The molecule has 2 aromatic carbocycles. The maximum Gasteiger partial charge on any atom is 0.229 e. The molecule has 3 N–H and O–H groups in total. The summed E-state index contributed by atoms with van der Waals surface area (Å²) in [4.78, 5) is 26.1. The summed E-state index contributed by atoms with van der Waals surface area (Å²) in [5, 5.41) is 22.1. The molecule has 0 saturated carbocycles. The highest BCUT2D eigenvalue weighted by Crippen LogP contribution is 2.35. The summed E-state index contributed by atoms with van der Waals surface area (Å²) < 4.78 is 0. The minimum absolute atomic E-state index is 0.0143. The number of carbonyl (C=O) groups excluding carboxylic acids is 1. The number of phenolic OH excluding ortho intramolecular Hbond substituents is 1. The highest BCUT2D eigenvalue weighted by molar-refractivity contribution is 6.33. The van der Waals surface area contributed by atoms with E-state index >= 15 is 0 Å². The first-order chi connectivity index (χ1) is 18.9. The largest absolute Gasteiger partial charge is 0.506 e. The van der Waals surface area contributed by atoms with Gasteiger partial charge < -0.3 is 20.2 Å². The Bertz CT molecular complexity index is 1510. The number of hydrogen-bond acceptors (Lipinski definition) is 8. The van der Waals surface area contributed by atoms with E-state index in [2.05, 4.69) is 25.4 Å². The standard InChI is InChI=1S/C29H32ClN7O2/c1-36(2)12-6-7-21(38)15-19-8-10-24(30)22(16-19)27-23-18-31-35-28(23)34-29(33-27)32-20-9-11-26(39)25(17-20)37-13-4-3-5-14-37/h6-11,16-18,39H,3-5,12-15H2,1-2H3,(H2,31,32,33,34,35)/b7-6+. The number of rotatable bonds is 9. The molecule has 0 unspecified atom stereocenters. The average molecular weight is 546 g/mol. The van der Waals surface area contributed by atoms with E-state index in [0.717, 1.165) is 48.3 Å². The van der Waals surface area contributed by atoms with Crippen LogP contribution in [0.5, 0.6) is 5.75 Å². The number of phenols is 1. The number of allylic oxidation sites excluding steroid dienone is 1. The van der Waals surface area contributed by atoms with Gasteiger partial charge in [0.15, 0.2) is 11.4 Å². The third-order valence-corrected chi connectivity index (χ3v) is 7.01. The summed E-state index contributed by atoms with van der Waals surface area (Å²) >= 11 is 6.64. The first-order valence-corrected chi connectivity index (χ1v) is 13.4. The number of piperidine rings is 1. The van der Waals surface area contributed by atoms with Crippen LogP contribution in [-0.4, -0.2) is 69.7 Å². The molecule has 202 valence electrons. The number of halogens is 1. The summed E-state index contributed by atoms with van der Waals surface area (Å²) in [6, 6.07) is 10.9. The summed E-state index contributed by atoms with van der Waals surface area (Å²) in [5.74, 6) is 0.629. The number of aromatic hydroxyl groups is 1. The maximum absolute atomic E-state index is 12.5. The minimum atomic E-state index is 0.0143. The van der Waals surface area contributed by atoms with E-state index in [1.54, 1.807) is 30.5 Å². The highest BCUT2D eigenvalue weighted by Gasteiger charge is 2.18. The Balaban J connectivity index is 1.45. The van der Waals surface area contributed by atoms with Gasteiger partial charge in [-0.3, -0.25) is 9.89 Å². The first-order valence-electron chi connectivity index (χ1n) is 13.1. The summed E-state index contributed by atoms with van der Waals surface area (Å²) in [6.07, 6.45) is 8.83. The number of fused-ring (bicyclic) bond motifs is 1. The van der Waals surface area contributed by atoms with E-state index in [0.29, 0.717) is 34.4 Å². The van der Waals surface area contributed by atoms with Gasteiger partial charge in [0, 0.05) is 37.3 Å². The van der Waals surface area contributed by atoms with E-state index in [4.69, 9.17) is 16.6 Å². The lowest BCUT2D eigenvalue weighted by Gasteiger charge is -2.29. The third-order valence-electron chi connectivity index (χ3n) is 6.68. The lowest BCUT2D eigenvalue weighted by atomic mass is 10.0. The normalized spacial score (nSPS) is 14.0. The van der Waals surface area contributed by atoms with Crippen molar-refractivity contribution < 1.29 is 9.90 Å². The van der Waals surface area contributed by atoms with Crippen LogP contribution >= 0.6 is 11.6 Å². The van der Waals surface area contributed by atoms with Gasteiger partial charge in [-0.25, -0.2) is 4.98 Å². The summed E-state index contributed by atoms with van der Waals surface area (Å²) in [5.41, 5.74) is 4.24. The fraction of sp³-hybridized carbons (Fsp3) is 0.310. The van der Waals surface area contributed by atoms with Gasteiger partial charge in [-0.05, 0) is 75.3 Å². The molecule has 5 rings (SSSR count). The Kier molecular flexibility index (Phi) is 8.09. The van der Waals surface area contributed by atoms with Crippen molar-refractivity contribution in [1.29, 1.82) is 0 Å². The highest BCUT2D eigenvalue weighted by atomic mass is 35.5. The van der Waals surface area contributed by atoms with Crippen LogP contribution in [0.2, 0.25) is 5.02 Å². The number of ketones is 1. The van der Waals surface area contributed by atoms with Crippen LogP contribution in [0.4, 0.5) is 17.3 Å². The molecule has 1 aliphatic rings. The number of aromatic amines is 1. The molecule has 1 saturated heterocycles. The maximum atomic E-state index is 12.5. The van der Waals surface area contributed by atoms with Crippen molar-refractivity contribution >= 4 is 45.7 Å². The van der Waals surface area contributed by atoms with Crippen molar-refractivity contribution in [2.24, 2.45) is 0 Å². The Morgan fingerprint density at radius 1 is 1.15 bits per heavy atom. The van der Waals surface area contributed by atoms with Gasteiger partial charge in [0.1, 0.15) is 5.75 Å². The zero-order chi connectivity index (χ0) is 27.4. The molecular formula is C29H32ClN7O2. The number of nitrogens with zero attached hydrogens (tertiary/aromatic N) is 5. The number of H-pyrrole nitrogens is 1. The second-order valence-corrected chi connectivity index (χ2v) is 10.4. The van der Waals surface area contributed by atoms with Gasteiger partial charge in [-0.15, -0.1) is 0 Å². The van der Waals surface area contributed by atoms with E-state index < -0.39 is 0 Å². The van der Waals surface area contributed by atoms with E-state index in [1.165, 1.54) is 6.42 Å². The summed E-state index contributed by atoms with van der Waals surface area (Å²) in [7, 11) is 3.91. The minimum Gasteiger partial charge on any atom is -0.506 e. The van der Waals surface area contributed by atoms with Crippen molar-refractivity contribution in [2.45, 2.75) is 25.7 Å². The zero-order valence-electron chi connectivity index (χ0n) is 22.1. The van der Waals surface area contributed by atoms with Crippen molar-refractivity contribution in [1.82, 2.24) is 25.1 Å². The van der Waals surface area contributed by atoms with E-state index in [-0.39, 0.29) is 18.0 Å². The molecule has 3 heterocycles. The second kappa shape index (κ2) is 11.8. The smallest absolute Gasteiger partial charge is 0.229 e. The number of likely N-dealkylation sites (N-methyl/N-ethyl adjacent to an activating group) is 1. The quantitative estimate of drug-likeness (QED) is 0.191. The van der Waals surface area contributed by atoms with Crippen LogP contribution < -0.4 is 10.2 Å². The molecule has 0 radical (unpaired) electrons. The van der Waals surface area contributed by atoms with Crippen LogP contribution in [0.3, 0.4) is 0 Å². The fourth-order valence-electron chi connectivity index (χ4n) is 4.73. The van der Waals surface area contributed by atoms with Gasteiger partial charge >= 0.3 is 0 Å². The summed E-state index contributed by atoms with van der Waals surface area (Å²) in [6.45, 7) is 2.54. The Hall–Kier alpha value is -3.95. The number of nitrogens with one attached hydrogen (secondary N) is 2. The molecule has 9 nitrogen and oxygen atoms in total. The SMILES string of the molecule is CN(C)C/C=C/C(=O)Cc1ccc(Cl)c(-c2nc(Nc3ccc(O)c(N4CCCCC4)c3)nc3[nH]ncc23)c1. The van der Waals surface area contributed by atoms with Crippen molar-refractivity contribution in [2.75, 3.05) is 43.9 Å². The first kappa shape index (κ1) is 26.6. The molecule has 1 fully saturated rings. The van der Waals surface area contributed by atoms with Gasteiger partial charge in [0.25, 0.3) is 0 Å². The Labute approximate surface area is 232 Å². The Morgan fingerprint density at radius 3 is 2.77 bits per heavy atom. The third kappa shape index (κ3) is 6.38. The van der Waals surface area contributed by atoms with E-state index in [1.807, 2.05) is 43.3 Å². The number of aromatic nitrogens is 4. The molecule has 10 heteroatoms. The van der Waals surface area contributed by atoms with Gasteiger partial charge in [-0.2, -0.15) is 10.1 Å². The van der Waals surface area contributed by atoms with Crippen molar-refractivity contribution in [3.05, 3.63) is 65.3 Å². The molecule has 39 heavy (non-hydrogen) atoms. The molecule has 0 aliphatic carbocycles. The number of carbonyl (C=O) groups is 1. The lowest BCUT2D eigenvalue weighted by molar-refractivity contribution is -0.114. The molecular weight excluding hydrogens is 514 g/mol. The number of anilines is 3. The molecule has 1 aliphatic heterocycles. The predicted octanol–water partition coefficient (Wildman–Crippen LogP) is 5.34. The topological polar surface area (TPSA) is 110 Å². The van der Waals surface area contributed by atoms with Gasteiger partial charge in [-0.1, -0.05) is 23.7 Å². The van der Waals surface area contributed by atoms with Crippen LogP contribution in [0, 0.1) is 0 Å². The van der Waals surface area contributed by atoms with Crippen LogP contribution in [0.25, 0.3) is 22.3 Å². The van der Waals surface area contributed by atoms with E-state index in [9.17, 15) is 9.90 Å². The van der Waals surface area contributed by atoms with Gasteiger partial charge in [0.2, 0.25) is 5.95 Å². The number of benzene rings is 2. The van der Waals surface area contributed by atoms with Crippen LogP contribution in [-0.2, 0) is 11.2 Å². The average Bonchev–Trinajstić information content (AvgIpc) is 3.39. The van der Waals surface area contributed by atoms with Crippen LogP contribution in [0.15, 0.2) is 54.7 Å². The van der Waals surface area contributed by atoms with Gasteiger partial charge in [0.05, 0.1) is 28.0 Å². The van der Waals surface area contributed by atoms with Crippen molar-refractivity contribution in [3.63, 3.8) is 0 Å². The second-order valence-electron chi connectivity index (χ2n) is 10.0. The predicted molar refractivity (Wildman–Crippen MR) is 156 cm³/mol. The lowest BCUT2D eigenvalue weighted by Crippen LogP contribution is -2.29. The number of hydrogen-bond donors (Lipinski definition) is 3. The fourth-order valence-corrected chi connectivity index (χ4v) is 4.94. The molecule has 4 aromatic rings. The molecule has 0 spiro atoms. The van der Waals surface area contributed by atoms with Crippen molar-refractivity contribution in [3.8, 4) is 17.0 Å². The monoisotopic (exact) mass is 545 g/mol. The molecule has 0 atom stereocenters. The molecule has 0 bridgehead atoms. The molecule has 0 amide bonds. The Morgan fingerprint density at radius 2 is 1.97 bits per heavy atom.